The number of allylic oxidation sites excluding steroid dienone is 1. The zero-order valence-electron chi connectivity index (χ0n) is 6.73. The summed E-state index contributed by atoms with van der Waals surface area (Å²) in [4.78, 5) is 14.8. The van der Waals surface area contributed by atoms with Gasteiger partial charge >= 0.3 is 5.97 Å². The largest absolute Gasteiger partial charge is 0.481 e. The molecule has 12 heavy (non-hydrogen) atoms. The van der Waals surface area contributed by atoms with Crippen molar-refractivity contribution in [1.82, 2.24) is 0 Å². The van der Waals surface area contributed by atoms with Gasteiger partial charge in [0.2, 0.25) is 0 Å². The summed E-state index contributed by atoms with van der Waals surface area (Å²) in [6.07, 6.45) is 6.43. The third-order valence-corrected chi connectivity index (χ3v) is 2.28. The van der Waals surface area contributed by atoms with Gasteiger partial charge in [0, 0.05) is 17.8 Å². The number of hydrogen-bond donors (Lipinski definition) is 1. The molecule has 1 heterocycles. The van der Waals surface area contributed by atoms with Crippen molar-refractivity contribution < 1.29 is 9.90 Å². The molecule has 0 aromatic carbocycles. The number of aliphatic imine (C=N–C) groups is 1. The third kappa shape index (κ3) is 1.40. The minimum atomic E-state index is -0.737. The van der Waals surface area contributed by atoms with Gasteiger partial charge in [-0.05, 0) is 25.3 Å². The lowest BCUT2D eigenvalue weighted by atomic mass is 10.0. The summed E-state index contributed by atoms with van der Waals surface area (Å²) in [6, 6.07) is 0. The Hall–Kier alpha value is -1.12. The Kier molecular flexibility index (Phi) is 1.71. The molecule has 3 nitrogen and oxygen atoms in total. The third-order valence-electron chi connectivity index (χ3n) is 2.28. The van der Waals surface area contributed by atoms with Gasteiger partial charge in [-0.3, -0.25) is 9.79 Å². The highest BCUT2D eigenvalue weighted by Crippen LogP contribution is 2.38. The Labute approximate surface area is 70.8 Å². The molecule has 3 heteroatoms. The van der Waals surface area contributed by atoms with E-state index < -0.39 is 5.97 Å². The van der Waals surface area contributed by atoms with Crippen LogP contribution in [0.15, 0.2) is 16.8 Å². The lowest BCUT2D eigenvalue weighted by Crippen LogP contribution is -2.14. The van der Waals surface area contributed by atoms with Crippen molar-refractivity contribution in [2.45, 2.75) is 19.3 Å². The molecule has 1 aliphatic carbocycles. The number of nitrogens with zero attached hydrogens (tertiary/aromatic N) is 1. The molecule has 1 aliphatic heterocycles. The average molecular weight is 165 g/mol. The number of carboxylic acid groups (broad SMARTS) is 1. The van der Waals surface area contributed by atoms with E-state index in [1.54, 1.807) is 12.3 Å². The first-order valence-electron chi connectivity index (χ1n) is 4.24. The van der Waals surface area contributed by atoms with Crippen molar-refractivity contribution in [3.8, 4) is 0 Å². The highest BCUT2D eigenvalue weighted by Gasteiger charge is 2.29. The second kappa shape index (κ2) is 2.73. The fourth-order valence-corrected chi connectivity index (χ4v) is 1.38. The Morgan fingerprint density at radius 3 is 2.92 bits per heavy atom. The van der Waals surface area contributed by atoms with Crippen LogP contribution in [0.4, 0.5) is 0 Å². The van der Waals surface area contributed by atoms with E-state index in [2.05, 4.69) is 4.99 Å². The molecule has 0 aromatic heterocycles. The number of hydrogen-bond acceptors (Lipinski definition) is 2. The summed E-state index contributed by atoms with van der Waals surface area (Å²) < 4.78 is 0. The summed E-state index contributed by atoms with van der Waals surface area (Å²) in [6.45, 7) is 0. The topological polar surface area (TPSA) is 49.7 Å². The quantitative estimate of drug-likeness (QED) is 0.673. The number of carbonyl (C=O) groups is 1. The van der Waals surface area contributed by atoms with Gasteiger partial charge in [-0.2, -0.15) is 0 Å². The minimum Gasteiger partial charge on any atom is -0.481 e. The first kappa shape index (κ1) is 7.53. The molecule has 64 valence electrons. The molecule has 0 spiro atoms. The second-order valence-corrected chi connectivity index (χ2v) is 3.36. The van der Waals surface area contributed by atoms with Gasteiger partial charge in [0.25, 0.3) is 0 Å². The lowest BCUT2D eigenvalue weighted by Gasteiger charge is -2.10. The Balaban J connectivity index is 2.11. The lowest BCUT2D eigenvalue weighted by molar-refractivity contribution is -0.139. The zero-order valence-corrected chi connectivity index (χ0v) is 6.73. The van der Waals surface area contributed by atoms with Gasteiger partial charge in [0.15, 0.2) is 0 Å². The molecular formula is C9H11NO2. The molecule has 1 unspecified atom stereocenters. The van der Waals surface area contributed by atoms with Crippen LogP contribution in [0.3, 0.4) is 0 Å². The molecule has 2 aliphatic rings. The maximum Gasteiger partial charge on any atom is 0.310 e. The Bertz CT molecular complexity index is 264. The van der Waals surface area contributed by atoms with Crippen molar-refractivity contribution in [2.24, 2.45) is 16.8 Å². The normalized spacial score (nSPS) is 28.3. The van der Waals surface area contributed by atoms with Crippen LogP contribution in [0.2, 0.25) is 0 Å². The van der Waals surface area contributed by atoms with Gasteiger partial charge in [-0.15, -0.1) is 0 Å². The fraction of sp³-hybridized carbons (Fsp3) is 0.556. The molecule has 1 atom stereocenters. The summed E-state index contributed by atoms with van der Waals surface area (Å²) >= 11 is 0. The Morgan fingerprint density at radius 1 is 1.58 bits per heavy atom. The SMILES string of the molecule is O=C(O)C1C=C(C2CC2)N=CC1. The van der Waals surface area contributed by atoms with Crippen molar-refractivity contribution in [3.63, 3.8) is 0 Å². The molecule has 1 fully saturated rings. The zero-order chi connectivity index (χ0) is 8.55. The van der Waals surface area contributed by atoms with Crippen molar-refractivity contribution in [2.75, 3.05) is 0 Å². The van der Waals surface area contributed by atoms with Crippen LogP contribution in [0, 0.1) is 11.8 Å². The first-order chi connectivity index (χ1) is 5.77. The van der Waals surface area contributed by atoms with E-state index in [1.807, 2.05) is 0 Å². The van der Waals surface area contributed by atoms with Crippen molar-refractivity contribution in [3.05, 3.63) is 11.8 Å². The van der Waals surface area contributed by atoms with Crippen LogP contribution in [0.1, 0.15) is 19.3 Å². The van der Waals surface area contributed by atoms with Crippen LogP contribution in [-0.4, -0.2) is 17.3 Å². The van der Waals surface area contributed by atoms with Crippen molar-refractivity contribution >= 4 is 12.2 Å². The smallest absolute Gasteiger partial charge is 0.310 e. The van der Waals surface area contributed by atoms with E-state index in [1.165, 1.54) is 12.8 Å². The minimum absolute atomic E-state index is 0.335. The first-order valence-corrected chi connectivity index (χ1v) is 4.24. The number of rotatable bonds is 2. The molecule has 0 bridgehead atoms. The highest BCUT2D eigenvalue weighted by atomic mass is 16.4. The van der Waals surface area contributed by atoms with Crippen LogP contribution >= 0.6 is 0 Å². The van der Waals surface area contributed by atoms with Crippen molar-refractivity contribution in [1.29, 1.82) is 0 Å². The Morgan fingerprint density at radius 2 is 2.33 bits per heavy atom. The highest BCUT2D eigenvalue weighted by molar-refractivity contribution is 5.78. The summed E-state index contributed by atoms with van der Waals surface area (Å²) in [5, 5.41) is 8.75. The van der Waals surface area contributed by atoms with Gasteiger partial charge in [-0.1, -0.05) is 0 Å². The molecular weight excluding hydrogens is 154 g/mol. The molecule has 0 saturated heterocycles. The molecule has 1 N–H and O–H groups in total. The van der Waals surface area contributed by atoms with Gasteiger partial charge in [-0.25, -0.2) is 0 Å². The number of carboxylic acids is 1. The standard InChI is InChI=1S/C9H11NO2/c11-9(12)7-3-4-10-8(5-7)6-1-2-6/h4-7H,1-3H2,(H,11,12). The maximum atomic E-state index is 10.6. The van der Waals surface area contributed by atoms with Crippen LogP contribution in [-0.2, 0) is 4.79 Å². The molecule has 0 aromatic rings. The van der Waals surface area contributed by atoms with Crippen LogP contribution < -0.4 is 0 Å². The van der Waals surface area contributed by atoms with E-state index in [9.17, 15) is 4.79 Å². The van der Waals surface area contributed by atoms with E-state index in [0.717, 1.165) is 5.70 Å². The number of aliphatic carboxylic acids is 1. The summed E-state index contributed by atoms with van der Waals surface area (Å²) in [5.41, 5.74) is 0.994. The van der Waals surface area contributed by atoms with E-state index in [0.29, 0.717) is 12.3 Å². The van der Waals surface area contributed by atoms with Crippen LogP contribution in [0.5, 0.6) is 0 Å². The van der Waals surface area contributed by atoms with Gasteiger partial charge in [0.05, 0.1) is 5.92 Å². The molecule has 0 radical (unpaired) electrons. The van der Waals surface area contributed by atoms with Gasteiger partial charge < -0.3 is 5.11 Å². The molecule has 1 saturated carbocycles. The van der Waals surface area contributed by atoms with E-state index in [4.69, 9.17) is 5.11 Å². The summed E-state index contributed by atoms with van der Waals surface area (Å²) in [5.74, 6) is -0.513. The van der Waals surface area contributed by atoms with Crippen LogP contribution in [0.25, 0.3) is 0 Å². The predicted molar refractivity (Wildman–Crippen MR) is 45.0 cm³/mol. The fourth-order valence-electron chi connectivity index (χ4n) is 1.38. The maximum absolute atomic E-state index is 10.6. The molecule has 2 rings (SSSR count). The predicted octanol–water partition coefficient (Wildman–Crippen LogP) is 1.46. The van der Waals surface area contributed by atoms with Gasteiger partial charge in [0.1, 0.15) is 0 Å². The second-order valence-electron chi connectivity index (χ2n) is 3.36. The molecule has 0 amide bonds. The summed E-state index contributed by atoms with van der Waals surface area (Å²) in [7, 11) is 0. The monoisotopic (exact) mass is 165 g/mol. The van der Waals surface area contributed by atoms with E-state index in [-0.39, 0.29) is 5.92 Å². The average Bonchev–Trinajstić information content (AvgIpc) is 2.87. The van der Waals surface area contributed by atoms with E-state index >= 15 is 0 Å².